The van der Waals surface area contributed by atoms with Crippen molar-refractivity contribution in [2.75, 3.05) is 12.5 Å². The van der Waals surface area contributed by atoms with Crippen molar-refractivity contribution in [1.82, 2.24) is 0 Å². The molecular weight excluding hydrogens is 220 g/mol. The number of hydrogen-bond donors (Lipinski definition) is 0. The van der Waals surface area contributed by atoms with Crippen LogP contribution in [0.25, 0.3) is 5.57 Å². The van der Waals surface area contributed by atoms with Crippen LogP contribution in [0.2, 0.25) is 0 Å². The normalized spacial score (nSPS) is 11.6. The molecule has 0 atom stereocenters. The SMILES string of the molecule is CCCOc1ccccc1/C(C)=C/CCCl. The van der Waals surface area contributed by atoms with E-state index < -0.39 is 0 Å². The first-order valence-corrected chi connectivity index (χ1v) is 6.28. The van der Waals surface area contributed by atoms with Crippen molar-refractivity contribution < 1.29 is 4.74 Å². The second-order valence-electron chi connectivity index (χ2n) is 3.71. The Morgan fingerprint density at radius 1 is 1.38 bits per heavy atom. The summed E-state index contributed by atoms with van der Waals surface area (Å²) in [4.78, 5) is 0. The maximum Gasteiger partial charge on any atom is 0.126 e. The molecule has 0 N–H and O–H groups in total. The van der Waals surface area contributed by atoms with Gasteiger partial charge in [0.25, 0.3) is 0 Å². The van der Waals surface area contributed by atoms with Crippen LogP contribution in [-0.2, 0) is 0 Å². The third-order valence-corrected chi connectivity index (χ3v) is 2.55. The van der Waals surface area contributed by atoms with Crippen molar-refractivity contribution in [2.24, 2.45) is 0 Å². The van der Waals surface area contributed by atoms with E-state index in [1.807, 2.05) is 18.2 Å². The molecule has 0 aliphatic rings. The van der Waals surface area contributed by atoms with Crippen LogP contribution in [-0.4, -0.2) is 12.5 Å². The van der Waals surface area contributed by atoms with Crippen molar-refractivity contribution in [3.8, 4) is 5.75 Å². The summed E-state index contributed by atoms with van der Waals surface area (Å²) < 4.78 is 5.71. The summed E-state index contributed by atoms with van der Waals surface area (Å²) in [5, 5.41) is 0. The number of alkyl halides is 1. The molecule has 0 saturated heterocycles. The molecular formula is C14H19ClO. The second-order valence-corrected chi connectivity index (χ2v) is 4.09. The molecule has 1 aromatic carbocycles. The monoisotopic (exact) mass is 238 g/mol. The number of rotatable bonds is 6. The first-order valence-electron chi connectivity index (χ1n) is 5.74. The smallest absolute Gasteiger partial charge is 0.126 e. The van der Waals surface area contributed by atoms with E-state index in [2.05, 4.69) is 26.0 Å². The van der Waals surface area contributed by atoms with Crippen LogP contribution in [0.4, 0.5) is 0 Å². The van der Waals surface area contributed by atoms with Crippen LogP contribution in [0, 0.1) is 0 Å². The van der Waals surface area contributed by atoms with Gasteiger partial charge in [-0.05, 0) is 31.4 Å². The molecule has 0 saturated carbocycles. The molecule has 0 radical (unpaired) electrons. The third-order valence-electron chi connectivity index (χ3n) is 2.33. The fraction of sp³-hybridized carbons (Fsp3) is 0.429. The number of ether oxygens (including phenoxy) is 1. The van der Waals surface area contributed by atoms with Crippen molar-refractivity contribution in [2.45, 2.75) is 26.7 Å². The molecule has 88 valence electrons. The molecule has 0 amide bonds. The Hall–Kier alpha value is -0.950. The molecule has 0 spiro atoms. The van der Waals surface area contributed by atoms with Crippen LogP contribution < -0.4 is 4.74 Å². The minimum atomic E-state index is 0.662. The number of hydrogen-bond acceptors (Lipinski definition) is 1. The molecule has 0 aromatic heterocycles. The summed E-state index contributed by atoms with van der Waals surface area (Å²) in [6.45, 7) is 4.97. The average Bonchev–Trinajstić information content (AvgIpc) is 2.33. The summed E-state index contributed by atoms with van der Waals surface area (Å²) in [5.74, 6) is 1.63. The highest BCUT2D eigenvalue weighted by molar-refractivity contribution is 6.17. The predicted molar refractivity (Wildman–Crippen MR) is 71.2 cm³/mol. The topological polar surface area (TPSA) is 9.23 Å². The molecule has 1 aromatic rings. The minimum Gasteiger partial charge on any atom is -0.493 e. The molecule has 0 heterocycles. The fourth-order valence-corrected chi connectivity index (χ4v) is 1.62. The van der Waals surface area contributed by atoms with Crippen molar-refractivity contribution in [3.63, 3.8) is 0 Å². The van der Waals surface area contributed by atoms with Gasteiger partial charge in [-0.3, -0.25) is 0 Å². The van der Waals surface area contributed by atoms with Gasteiger partial charge in [-0.1, -0.05) is 31.2 Å². The van der Waals surface area contributed by atoms with Gasteiger partial charge in [-0.25, -0.2) is 0 Å². The van der Waals surface area contributed by atoms with Gasteiger partial charge in [0.1, 0.15) is 5.75 Å². The van der Waals surface area contributed by atoms with E-state index >= 15 is 0 Å². The summed E-state index contributed by atoms with van der Waals surface area (Å²) in [7, 11) is 0. The standard InChI is InChI=1S/C14H19ClO/c1-3-11-16-14-9-5-4-8-13(14)12(2)7-6-10-15/h4-5,7-9H,3,6,10-11H2,1-2H3/b12-7+. The Bertz CT molecular complexity index is 344. The van der Waals surface area contributed by atoms with Gasteiger partial charge in [-0.15, -0.1) is 11.6 Å². The molecule has 2 heteroatoms. The lowest BCUT2D eigenvalue weighted by Gasteiger charge is -2.11. The van der Waals surface area contributed by atoms with Crippen LogP contribution in [0.3, 0.4) is 0 Å². The highest BCUT2D eigenvalue weighted by Gasteiger charge is 2.03. The Labute approximate surface area is 103 Å². The zero-order valence-electron chi connectivity index (χ0n) is 10.0. The zero-order chi connectivity index (χ0) is 11.8. The van der Waals surface area contributed by atoms with Gasteiger partial charge in [0.15, 0.2) is 0 Å². The number of para-hydroxylation sites is 1. The molecule has 0 unspecified atom stereocenters. The molecule has 1 nitrogen and oxygen atoms in total. The Balaban J connectivity index is 2.84. The fourth-order valence-electron chi connectivity index (χ4n) is 1.51. The molecule has 0 aliphatic carbocycles. The lowest BCUT2D eigenvalue weighted by atomic mass is 10.1. The highest BCUT2D eigenvalue weighted by atomic mass is 35.5. The molecule has 0 aliphatic heterocycles. The summed E-state index contributed by atoms with van der Waals surface area (Å²) in [5.41, 5.74) is 2.40. The maximum absolute atomic E-state index is 5.71. The Morgan fingerprint density at radius 2 is 2.12 bits per heavy atom. The van der Waals surface area contributed by atoms with Crippen molar-refractivity contribution >= 4 is 17.2 Å². The zero-order valence-corrected chi connectivity index (χ0v) is 10.8. The van der Waals surface area contributed by atoms with Crippen molar-refractivity contribution in [1.29, 1.82) is 0 Å². The van der Waals surface area contributed by atoms with E-state index in [1.165, 1.54) is 11.1 Å². The second kappa shape index (κ2) is 7.34. The van der Waals surface area contributed by atoms with E-state index in [0.29, 0.717) is 5.88 Å². The minimum absolute atomic E-state index is 0.662. The largest absolute Gasteiger partial charge is 0.493 e. The Morgan fingerprint density at radius 3 is 2.81 bits per heavy atom. The van der Waals surface area contributed by atoms with Gasteiger partial charge < -0.3 is 4.74 Å². The highest BCUT2D eigenvalue weighted by Crippen LogP contribution is 2.26. The molecule has 0 bridgehead atoms. The molecule has 0 fully saturated rings. The quantitative estimate of drug-likeness (QED) is 0.663. The lowest BCUT2D eigenvalue weighted by molar-refractivity contribution is 0.316. The van der Waals surface area contributed by atoms with Gasteiger partial charge in [0.05, 0.1) is 6.61 Å². The lowest BCUT2D eigenvalue weighted by Crippen LogP contribution is -1.97. The van der Waals surface area contributed by atoms with Gasteiger partial charge in [0.2, 0.25) is 0 Å². The van der Waals surface area contributed by atoms with Crippen LogP contribution in [0.1, 0.15) is 32.3 Å². The van der Waals surface area contributed by atoms with E-state index in [0.717, 1.165) is 25.2 Å². The molecule has 1 rings (SSSR count). The van der Waals surface area contributed by atoms with Crippen molar-refractivity contribution in [3.05, 3.63) is 35.9 Å². The first kappa shape index (κ1) is 13.1. The number of allylic oxidation sites excluding steroid dienone is 2. The van der Waals surface area contributed by atoms with Crippen LogP contribution in [0.5, 0.6) is 5.75 Å². The Kier molecular flexibility index (Phi) is 6.02. The third kappa shape index (κ3) is 3.90. The van der Waals surface area contributed by atoms with Crippen LogP contribution in [0.15, 0.2) is 30.3 Å². The summed E-state index contributed by atoms with van der Waals surface area (Å²) >= 11 is 5.68. The van der Waals surface area contributed by atoms with Gasteiger partial charge in [-0.2, -0.15) is 0 Å². The predicted octanol–water partition coefficient (Wildman–Crippen LogP) is 4.51. The van der Waals surface area contributed by atoms with Gasteiger partial charge in [0, 0.05) is 11.4 Å². The van der Waals surface area contributed by atoms with E-state index in [-0.39, 0.29) is 0 Å². The van der Waals surface area contributed by atoms with E-state index in [9.17, 15) is 0 Å². The van der Waals surface area contributed by atoms with E-state index in [4.69, 9.17) is 16.3 Å². The summed E-state index contributed by atoms with van der Waals surface area (Å²) in [6, 6.07) is 8.14. The summed E-state index contributed by atoms with van der Waals surface area (Å²) in [6.07, 6.45) is 4.08. The van der Waals surface area contributed by atoms with E-state index in [1.54, 1.807) is 0 Å². The maximum atomic E-state index is 5.71. The first-order chi connectivity index (χ1) is 7.79. The average molecular weight is 239 g/mol. The van der Waals surface area contributed by atoms with Crippen LogP contribution >= 0.6 is 11.6 Å². The number of benzene rings is 1. The number of halogens is 1. The molecule has 16 heavy (non-hydrogen) atoms. The van der Waals surface area contributed by atoms with Gasteiger partial charge >= 0.3 is 0 Å².